The van der Waals surface area contributed by atoms with Crippen LogP contribution in [0, 0.1) is 30.7 Å². The Morgan fingerprint density at radius 1 is 0.767 bits per heavy atom. The molecule has 0 bridgehead atoms. The number of imidazole rings is 1. The summed E-state index contributed by atoms with van der Waals surface area (Å²) in [5, 5.41) is 0.534. The number of ether oxygens (including phenoxy) is 1. The first-order valence-corrected chi connectivity index (χ1v) is 18.7. The van der Waals surface area contributed by atoms with Gasteiger partial charge in [-0.3, -0.25) is 9.55 Å². The van der Waals surface area contributed by atoms with Gasteiger partial charge in [0.2, 0.25) is 0 Å². The summed E-state index contributed by atoms with van der Waals surface area (Å²) in [6, 6.07) is 27.6. The number of aryl methyl sites for hydroxylation is 1. The molecule has 0 saturated carbocycles. The second-order valence-electron chi connectivity index (χ2n) is 14.7. The van der Waals surface area contributed by atoms with Crippen molar-refractivity contribution in [1.29, 1.82) is 0 Å². The number of para-hydroxylation sites is 3. The summed E-state index contributed by atoms with van der Waals surface area (Å²) in [6.07, 6.45) is 3.10. The minimum atomic E-state index is -2.50. The Balaban J connectivity index is 0.00000689. The number of benzene rings is 6. The quantitative estimate of drug-likeness (QED) is 0.113. The van der Waals surface area contributed by atoms with Crippen molar-refractivity contribution in [3.63, 3.8) is 0 Å². The number of rotatable bonds is 8. The van der Waals surface area contributed by atoms with Crippen molar-refractivity contribution in [1.82, 2.24) is 19.1 Å². The average Bonchev–Trinajstić information content (AvgIpc) is 3.93. The number of nitrogens with zero attached hydrogens (tertiary/aromatic N) is 5. The number of hydrogen-bond donors (Lipinski definition) is 0. The van der Waals surface area contributed by atoms with E-state index in [2.05, 4.69) is 28.4 Å². The molecular weight excluding hydrogens is 918 g/mol. The van der Waals surface area contributed by atoms with Crippen LogP contribution in [0.2, 0.25) is 0 Å². The molecule has 0 unspecified atom stereocenters. The van der Waals surface area contributed by atoms with Gasteiger partial charge < -0.3 is 13.9 Å². The molecule has 0 atom stereocenters. The van der Waals surface area contributed by atoms with E-state index in [0.29, 0.717) is 50.0 Å². The van der Waals surface area contributed by atoms with Crippen LogP contribution >= 0.6 is 0 Å². The van der Waals surface area contributed by atoms with E-state index in [1.165, 1.54) is 18.3 Å². The molecule has 0 amide bonds. The standard InChI is InChI=1S/C53H41N5O.Pt/c1-36-25-28-48-51(55-36)45-27-26-42(33-49(45)58(48)50-31-37(29-30-54-50)34-53(2,3)4)59-41-20-13-19-40(32-41)56-35-57(47-24-12-11-23-46(47)56)52-43(38-15-7-5-8-16-38)21-14-22-44(52)39-17-9-6-10-18-39;/h5-31H,34H2,1-4H3;/q-2;/i1D3,5D,6D,7D,8D,9D,10D,15D,16D,17D,18D,34D2;. The van der Waals surface area contributed by atoms with Gasteiger partial charge in [-0.25, -0.2) is 4.98 Å². The van der Waals surface area contributed by atoms with E-state index in [4.69, 9.17) is 25.3 Å². The molecule has 296 valence electrons. The molecule has 0 saturated heterocycles. The van der Waals surface area contributed by atoms with Crippen LogP contribution in [0.1, 0.15) is 52.6 Å². The van der Waals surface area contributed by atoms with E-state index in [0.717, 1.165) is 0 Å². The predicted molar refractivity (Wildman–Crippen MR) is 237 cm³/mol. The van der Waals surface area contributed by atoms with E-state index < -0.39 is 79.1 Å². The Labute approximate surface area is 385 Å². The van der Waals surface area contributed by atoms with Gasteiger partial charge in [-0.1, -0.05) is 135 Å². The van der Waals surface area contributed by atoms with Gasteiger partial charge in [0.1, 0.15) is 5.82 Å². The van der Waals surface area contributed by atoms with Crippen LogP contribution in [0.3, 0.4) is 0 Å². The van der Waals surface area contributed by atoms with Gasteiger partial charge in [0.15, 0.2) is 0 Å². The van der Waals surface area contributed by atoms with Gasteiger partial charge in [0.25, 0.3) is 6.33 Å². The van der Waals surface area contributed by atoms with E-state index in [-0.39, 0.29) is 66.2 Å². The van der Waals surface area contributed by atoms with Gasteiger partial charge in [-0.15, -0.1) is 24.3 Å². The predicted octanol–water partition coefficient (Wildman–Crippen LogP) is 12.2. The van der Waals surface area contributed by atoms with Crippen molar-refractivity contribution >= 4 is 33.0 Å². The molecule has 10 rings (SSSR count). The van der Waals surface area contributed by atoms with Crippen LogP contribution in [-0.4, -0.2) is 19.1 Å². The summed E-state index contributed by atoms with van der Waals surface area (Å²) in [7, 11) is 0. The Bertz CT molecular complexity index is 3830. The normalized spacial score (nSPS) is 15.6. The molecule has 10 aromatic rings. The van der Waals surface area contributed by atoms with Gasteiger partial charge in [0.05, 0.1) is 35.9 Å². The second-order valence-corrected chi connectivity index (χ2v) is 14.7. The minimum Gasteiger partial charge on any atom is -0.510 e. The van der Waals surface area contributed by atoms with Crippen LogP contribution in [0.4, 0.5) is 0 Å². The smallest absolute Gasteiger partial charge is 0.268 e. The summed E-state index contributed by atoms with van der Waals surface area (Å²) in [4.78, 5) is 9.21. The summed E-state index contributed by atoms with van der Waals surface area (Å²) in [5.41, 5.74) is 2.12. The molecule has 0 N–H and O–H groups in total. The molecule has 0 aliphatic heterocycles. The molecule has 4 aromatic heterocycles. The third kappa shape index (κ3) is 7.33. The van der Waals surface area contributed by atoms with Crippen LogP contribution in [-0.2, 0) is 27.4 Å². The Morgan fingerprint density at radius 3 is 2.22 bits per heavy atom. The largest absolute Gasteiger partial charge is 0.510 e. The van der Waals surface area contributed by atoms with Crippen LogP contribution in [0.25, 0.3) is 72.4 Å². The fourth-order valence-electron chi connectivity index (χ4n) is 7.24. The zero-order valence-electron chi connectivity index (χ0n) is 47.3. The maximum Gasteiger partial charge on any atom is 0.268 e. The van der Waals surface area contributed by atoms with Crippen LogP contribution in [0.15, 0.2) is 164 Å². The zero-order valence-corrected chi connectivity index (χ0v) is 34.5. The molecule has 6 nitrogen and oxygen atoms in total. The zero-order chi connectivity index (χ0) is 53.1. The molecule has 0 fully saturated rings. The molecule has 0 aliphatic rings. The van der Waals surface area contributed by atoms with Crippen LogP contribution < -0.4 is 9.30 Å². The van der Waals surface area contributed by atoms with Gasteiger partial charge >= 0.3 is 0 Å². The van der Waals surface area contributed by atoms with Crippen molar-refractivity contribution in [3.8, 4) is 50.9 Å². The third-order valence-corrected chi connectivity index (χ3v) is 9.56. The number of pyridine rings is 2. The maximum atomic E-state index is 9.01. The van der Waals surface area contributed by atoms with E-state index in [1.807, 2.05) is 20.8 Å². The first kappa shape index (κ1) is 25.1. The second kappa shape index (κ2) is 15.9. The van der Waals surface area contributed by atoms with E-state index in [1.54, 1.807) is 98.6 Å². The number of aromatic nitrogens is 5. The maximum absolute atomic E-state index is 9.01. The fraction of sp³-hybridized carbons (Fsp3) is 0.113. The molecular formula is C53H41N5OPt-2. The van der Waals surface area contributed by atoms with Crippen LogP contribution in [0.5, 0.6) is 11.5 Å². The average molecular weight is 974 g/mol. The van der Waals surface area contributed by atoms with Crippen molar-refractivity contribution in [3.05, 3.63) is 193 Å². The monoisotopic (exact) mass is 973 g/mol. The van der Waals surface area contributed by atoms with Gasteiger partial charge in [0, 0.05) is 56.8 Å². The third-order valence-electron chi connectivity index (χ3n) is 9.56. The number of fused-ring (bicyclic) bond motifs is 4. The van der Waals surface area contributed by atoms with Crippen molar-refractivity contribution in [2.45, 2.75) is 34.0 Å². The summed E-state index contributed by atoms with van der Waals surface area (Å²) in [5.74, 6) is 0.783. The summed E-state index contributed by atoms with van der Waals surface area (Å²) < 4.78 is 141. The first-order chi connectivity index (χ1) is 34.9. The van der Waals surface area contributed by atoms with Gasteiger partial charge in [-0.2, -0.15) is 18.2 Å². The molecule has 7 heteroatoms. The Hall–Kier alpha value is -6.62. The first-order valence-electron chi connectivity index (χ1n) is 26.2. The van der Waals surface area contributed by atoms with Crippen molar-refractivity contribution < 1.29 is 50.9 Å². The summed E-state index contributed by atoms with van der Waals surface area (Å²) in [6.45, 7) is 2.93. The molecule has 60 heavy (non-hydrogen) atoms. The summed E-state index contributed by atoms with van der Waals surface area (Å²) >= 11 is 0. The molecule has 0 aliphatic carbocycles. The van der Waals surface area contributed by atoms with Crippen molar-refractivity contribution in [2.75, 3.05) is 0 Å². The Morgan fingerprint density at radius 2 is 1.48 bits per heavy atom. The molecule has 0 radical (unpaired) electrons. The molecule has 0 spiro atoms. The topological polar surface area (TPSA) is 48.8 Å². The van der Waals surface area contributed by atoms with Gasteiger partial charge in [-0.05, 0) is 76.4 Å². The van der Waals surface area contributed by atoms with Crippen molar-refractivity contribution in [2.24, 2.45) is 5.41 Å². The Kier molecular flexibility index (Phi) is 6.63. The molecule has 6 aromatic carbocycles. The SMILES string of the molecule is [2H]c1c([2H])c([2H])c(-c2cccc(-c3c([2H])c([2H])c([2H])c([2H])c3[2H])c2-[n+]2[c-]n(-c3[c-]c(Oc4[c-]c5c(cc4)c4nc(C([2H])([2H])[2H])ccc4n5-c4cc(C([2H])([2H])C(C)(C)C)ccn4)ccc3)c3ccccc32)c([2H])c1[2H].[Pt]. The van der Waals surface area contributed by atoms with E-state index in [9.17, 15) is 0 Å². The minimum absolute atomic E-state index is 0. The molecule has 4 heterocycles. The number of hydrogen-bond acceptors (Lipinski definition) is 3. The van der Waals surface area contributed by atoms with E-state index >= 15 is 0 Å². The fourth-order valence-corrected chi connectivity index (χ4v) is 7.24.